The zero-order chi connectivity index (χ0) is 15.5. The number of hydrogen-bond donors (Lipinski definition) is 2. The van der Waals surface area contributed by atoms with Crippen molar-refractivity contribution in [3.63, 3.8) is 0 Å². The minimum atomic E-state index is -0.211. The number of amides is 2. The standard InChI is InChI=1S/C15H21N3O3S/c1-21-9-12(19)17-14-13(10-3-2-4-11(10)22-14)15(20)18-7-5-16-6-8-18/h16H,2-9H2,1H3,(H,17,19). The molecule has 0 radical (unpaired) electrons. The van der Waals surface area contributed by atoms with Crippen LogP contribution >= 0.6 is 11.3 Å². The van der Waals surface area contributed by atoms with Crippen LogP contribution in [0.1, 0.15) is 27.2 Å². The molecule has 1 aromatic heterocycles. The maximum absolute atomic E-state index is 12.9. The summed E-state index contributed by atoms with van der Waals surface area (Å²) in [5.74, 6) is -0.162. The summed E-state index contributed by atoms with van der Waals surface area (Å²) < 4.78 is 4.86. The van der Waals surface area contributed by atoms with Crippen LogP contribution in [0.25, 0.3) is 0 Å². The summed E-state index contributed by atoms with van der Waals surface area (Å²) in [7, 11) is 1.49. The van der Waals surface area contributed by atoms with Crippen LogP contribution in [0.2, 0.25) is 0 Å². The molecule has 6 nitrogen and oxygen atoms in total. The number of ether oxygens (including phenoxy) is 1. The highest BCUT2D eigenvalue weighted by Gasteiger charge is 2.30. The van der Waals surface area contributed by atoms with Gasteiger partial charge in [0.2, 0.25) is 0 Å². The van der Waals surface area contributed by atoms with Crippen LogP contribution in [0.3, 0.4) is 0 Å². The average molecular weight is 323 g/mol. The Morgan fingerprint density at radius 2 is 2.09 bits per heavy atom. The number of anilines is 1. The lowest BCUT2D eigenvalue weighted by Gasteiger charge is -2.28. The zero-order valence-electron chi connectivity index (χ0n) is 12.7. The molecular formula is C15H21N3O3S. The van der Waals surface area contributed by atoms with Crippen molar-refractivity contribution < 1.29 is 14.3 Å². The normalized spacial score (nSPS) is 17.4. The molecule has 0 atom stereocenters. The number of nitrogens with zero attached hydrogens (tertiary/aromatic N) is 1. The van der Waals surface area contributed by atoms with Crippen molar-refractivity contribution in [3.05, 3.63) is 16.0 Å². The summed E-state index contributed by atoms with van der Waals surface area (Å²) in [6, 6.07) is 0. The average Bonchev–Trinajstić information content (AvgIpc) is 3.08. The van der Waals surface area contributed by atoms with Gasteiger partial charge in [-0.05, 0) is 24.8 Å². The molecule has 3 rings (SSSR count). The SMILES string of the molecule is COCC(=O)Nc1sc2c(c1C(=O)N1CCNCC1)CCC2. The van der Waals surface area contributed by atoms with Crippen LogP contribution in [-0.4, -0.2) is 56.6 Å². The first kappa shape index (κ1) is 15.5. The van der Waals surface area contributed by atoms with Gasteiger partial charge in [0.1, 0.15) is 11.6 Å². The van der Waals surface area contributed by atoms with E-state index in [9.17, 15) is 9.59 Å². The van der Waals surface area contributed by atoms with Gasteiger partial charge in [0.15, 0.2) is 0 Å². The molecule has 2 amide bonds. The fourth-order valence-corrected chi connectivity index (χ4v) is 4.34. The smallest absolute Gasteiger partial charge is 0.257 e. The van der Waals surface area contributed by atoms with Gasteiger partial charge in [-0.3, -0.25) is 9.59 Å². The zero-order valence-corrected chi connectivity index (χ0v) is 13.6. The van der Waals surface area contributed by atoms with E-state index in [1.165, 1.54) is 12.0 Å². The van der Waals surface area contributed by atoms with Crippen LogP contribution in [0, 0.1) is 0 Å². The summed E-state index contributed by atoms with van der Waals surface area (Å²) in [6.45, 7) is 3.08. The van der Waals surface area contributed by atoms with E-state index in [0.29, 0.717) is 10.6 Å². The van der Waals surface area contributed by atoms with Crippen molar-refractivity contribution in [1.82, 2.24) is 10.2 Å². The quantitative estimate of drug-likeness (QED) is 0.862. The van der Waals surface area contributed by atoms with Gasteiger partial charge < -0.3 is 20.3 Å². The summed E-state index contributed by atoms with van der Waals surface area (Å²) in [5.41, 5.74) is 1.85. The number of hydrogen-bond acceptors (Lipinski definition) is 5. The monoisotopic (exact) mass is 323 g/mol. The predicted octanol–water partition coefficient (Wildman–Crippen LogP) is 0.867. The van der Waals surface area contributed by atoms with Crippen LogP contribution in [-0.2, 0) is 22.4 Å². The summed E-state index contributed by atoms with van der Waals surface area (Å²) in [5, 5.41) is 6.80. The minimum absolute atomic E-state index is 0.00380. The lowest BCUT2D eigenvalue weighted by Crippen LogP contribution is -2.46. The molecule has 1 aliphatic heterocycles. The van der Waals surface area contributed by atoms with Crippen LogP contribution in [0.15, 0.2) is 0 Å². The van der Waals surface area contributed by atoms with Gasteiger partial charge in [-0.15, -0.1) is 11.3 Å². The molecule has 1 aromatic rings. The first-order valence-electron chi connectivity index (χ1n) is 7.64. The highest BCUT2D eigenvalue weighted by atomic mass is 32.1. The third-order valence-corrected chi connectivity index (χ3v) is 5.27. The van der Waals surface area contributed by atoms with E-state index in [1.807, 2.05) is 4.90 Å². The predicted molar refractivity (Wildman–Crippen MR) is 85.6 cm³/mol. The first-order chi connectivity index (χ1) is 10.7. The Bertz CT molecular complexity index is 579. The first-order valence-corrected chi connectivity index (χ1v) is 8.45. The number of carbonyl (C=O) groups is 2. The van der Waals surface area contributed by atoms with E-state index in [-0.39, 0.29) is 18.4 Å². The number of aryl methyl sites for hydroxylation is 1. The van der Waals surface area contributed by atoms with E-state index in [4.69, 9.17) is 4.74 Å². The van der Waals surface area contributed by atoms with Gasteiger partial charge >= 0.3 is 0 Å². The lowest BCUT2D eigenvalue weighted by atomic mass is 10.1. The third-order valence-electron chi connectivity index (χ3n) is 4.07. The number of nitrogens with one attached hydrogen (secondary N) is 2. The number of piperazine rings is 1. The molecule has 2 aliphatic rings. The maximum Gasteiger partial charge on any atom is 0.257 e. The molecule has 7 heteroatoms. The maximum atomic E-state index is 12.9. The van der Waals surface area contributed by atoms with Gasteiger partial charge in [-0.2, -0.15) is 0 Å². The molecule has 1 saturated heterocycles. The summed E-state index contributed by atoms with van der Waals surface area (Å²) in [6.07, 6.45) is 3.02. The van der Waals surface area contributed by atoms with Crippen molar-refractivity contribution in [3.8, 4) is 0 Å². The number of fused-ring (bicyclic) bond motifs is 1. The van der Waals surface area contributed by atoms with Gasteiger partial charge in [-0.25, -0.2) is 0 Å². The van der Waals surface area contributed by atoms with Crippen LogP contribution in [0.4, 0.5) is 5.00 Å². The number of carbonyl (C=O) groups excluding carboxylic acids is 2. The Kier molecular flexibility index (Phi) is 4.75. The van der Waals surface area contributed by atoms with Crippen molar-refractivity contribution in [1.29, 1.82) is 0 Å². The van der Waals surface area contributed by atoms with Crippen LogP contribution in [0.5, 0.6) is 0 Å². The molecule has 2 N–H and O–H groups in total. The largest absolute Gasteiger partial charge is 0.375 e. The molecule has 1 fully saturated rings. The molecule has 0 bridgehead atoms. The van der Waals surface area contributed by atoms with Gasteiger partial charge in [0, 0.05) is 38.2 Å². The minimum Gasteiger partial charge on any atom is -0.375 e. The van der Waals surface area contributed by atoms with Gasteiger partial charge in [0.25, 0.3) is 11.8 Å². The fourth-order valence-electron chi connectivity index (χ4n) is 3.04. The molecule has 0 unspecified atom stereocenters. The Hall–Kier alpha value is -1.44. The summed E-state index contributed by atoms with van der Waals surface area (Å²) in [4.78, 5) is 27.8. The fraction of sp³-hybridized carbons (Fsp3) is 0.600. The number of thiophene rings is 1. The second kappa shape index (κ2) is 6.76. The Morgan fingerprint density at radius 1 is 1.32 bits per heavy atom. The molecule has 0 saturated carbocycles. The van der Waals surface area contributed by atoms with Crippen molar-refractivity contribution in [2.24, 2.45) is 0 Å². The molecule has 0 spiro atoms. The molecule has 120 valence electrons. The van der Waals surface area contributed by atoms with Crippen molar-refractivity contribution in [2.75, 3.05) is 45.2 Å². The lowest BCUT2D eigenvalue weighted by molar-refractivity contribution is -0.119. The van der Waals surface area contributed by atoms with E-state index < -0.39 is 0 Å². The molecule has 22 heavy (non-hydrogen) atoms. The highest BCUT2D eigenvalue weighted by molar-refractivity contribution is 7.17. The Morgan fingerprint density at radius 3 is 2.82 bits per heavy atom. The van der Waals surface area contributed by atoms with Gasteiger partial charge in [-0.1, -0.05) is 0 Å². The molecule has 2 heterocycles. The molecule has 1 aliphatic carbocycles. The molecular weight excluding hydrogens is 302 g/mol. The Balaban J connectivity index is 1.87. The van der Waals surface area contributed by atoms with E-state index in [1.54, 1.807) is 11.3 Å². The van der Waals surface area contributed by atoms with E-state index >= 15 is 0 Å². The second-order valence-electron chi connectivity index (χ2n) is 5.58. The topological polar surface area (TPSA) is 70.7 Å². The number of methoxy groups -OCH3 is 1. The Labute approximate surface area is 133 Å². The van der Waals surface area contributed by atoms with Gasteiger partial charge in [0.05, 0.1) is 5.56 Å². The highest BCUT2D eigenvalue weighted by Crippen LogP contribution is 2.39. The molecule has 0 aromatic carbocycles. The second-order valence-corrected chi connectivity index (χ2v) is 6.69. The van der Waals surface area contributed by atoms with E-state index in [0.717, 1.165) is 51.0 Å². The van der Waals surface area contributed by atoms with Crippen molar-refractivity contribution >= 4 is 28.2 Å². The van der Waals surface area contributed by atoms with Crippen LogP contribution < -0.4 is 10.6 Å². The third kappa shape index (κ3) is 3.02. The van der Waals surface area contributed by atoms with E-state index in [2.05, 4.69) is 10.6 Å². The number of rotatable bonds is 4. The van der Waals surface area contributed by atoms with Crippen molar-refractivity contribution in [2.45, 2.75) is 19.3 Å². The summed E-state index contributed by atoms with van der Waals surface area (Å²) >= 11 is 1.54.